The monoisotopic (exact) mass is 332 g/mol. The SMILES string of the molecule is N#CC1=C(N)Oc2c(c(=O)oc3ccccc23)C1c1cccc(O)c1. The van der Waals surface area contributed by atoms with E-state index in [1.165, 1.54) is 12.1 Å². The summed E-state index contributed by atoms with van der Waals surface area (Å²) in [6, 6.07) is 15.3. The molecular weight excluding hydrogens is 320 g/mol. The average molecular weight is 332 g/mol. The number of nitrogens with two attached hydrogens (primary N) is 1. The maximum absolute atomic E-state index is 12.6. The first-order valence-electron chi connectivity index (χ1n) is 7.52. The Hall–Kier alpha value is -3.72. The van der Waals surface area contributed by atoms with Crippen molar-refractivity contribution in [2.24, 2.45) is 5.73 Å². The number of nitrogens with zero attached hydrogens (tertiary/aromatic N) is 1. The van der Waals surface area contributed by atoms with E-state index in [0.717, 1.165) is 0 Å². The van der Waals surface area contributed by atoms with Crippen LogP contribution >= 0.6 is 0 Å². The number of hydrogen-bond acceptors (Lipinski definition) is 6. The number of phenols is 1. The Morgan fingerprint density at radius 2 is 1.96 bits per heavy atom. The van der Waals surface area contributed by atoms with Crippen LogP contribution in [0.3, 0.4) is 0 Å². The van der Waals surface area contributed by atoms with Crippen molar-refractivity contribution >= 4 is 11.0 Å². The third kappa shape index (κ3) is 2.22. The molecule has 6 heteroatoms. The average Bonchev–Trinajstić information content (AvgIpc) is 2.60. The second-order valence-electron chi connectivity index (χ2n) is 5.65. The maximum atomic E-state index is 12.6. The molecule has 3 N–H and O–H groups in total. The fourth-order valence-electron chi connectivity index (χ4n) is 3.10. The van der Waals surface area contributed by atoms with E-state index in [4.69, 9.17) is 14.9 Å². The predicted octanol–water partition coefficient (Wildman–Crippen LogP) is 2.72. The number of aromatic hydroxyl groups is 1. The van der Waals surface area contributed by atoms with Crippen LogP contribution in [0.15, 0.2) is 69.2 Å². The largest absolute Gasteiger partial charge is 0.508 e. The van der Waals surface area contributed by atoms with Crippen LogP contribution in [0.5, 0.6) is 11.5 Å². The first kappa shape index (κ1) is 14.8. The molecule has 1 aliphatic rings. The number of phenolic OH excluding ortho intramolecular Hbond substituents is 1. The van der Waals surface area contributed by atoms with E-state index < -0.39 is 11.5 Å². The quantitative estimate of drug-likeness (QED) is 0.663. The van der Waals surface area contributed by atoms with Gasteiger partial charge in [0.2, 0.25) is 5.88 Å². The van der Waals surface area contributed by atoms with Crippen LogP contribution in [0.1, 0.15) is 17.0 Å². The van der Waals surface area contributed by atoms with Crippen LogP contribution in [0.25, 0.3) is 11.0 Å². The highest BCUT2D eigenvalue weighted by atomic mass is 16.5. The Balaban J connectivity index is 2.10. The molecule has 0 amide bonds. The summed E-state index contributed by atoms with van der Waals surface area (Å²) < 4.78 is 11.0. The molecule has 2 aromatic carbocycles. The summed E-state index contributed by atoms with van der Waals surface area (Å²) in [7, 11) is 0. The fraction of sp³-hybridized carbons (Fsp3) is 0.0526. The lowest BCUT2D eigenvalue weighted by Crippen LogP contribution is -2.26. The standard InChI is InChI=1S/C19H12N2O4/c20-9-13-15(10-4-3-5-11(22)8-10)16-17(25-18(13)21)12-6-1-2-7-14(12)24-19(16)23/h1-8,15,22H,21H2. The summed E-state index contributed by atoms with van der Waals surface area (Å²) in [5, 5.41) is 19.9. The lowest BCUT2D eigenvalue weighted by Gasteiger charge is -2.26. The Bertz CT molecular complexity index is 1140. The van der Waals surface area contributed by atoms with Crippen LogP contribution in [0.2, 0.25) is 0 Å². The second kappa shape index (κ2) is 5.42. The maximum Gasteiger partial charge on any atom is 0.344 e. The van der Waals surface area contributed by atoms with Gasteiger partial charge in [0.05, 0.1) is 16.9 Å². The Kier molecular flexibility index (Phi) is 3.22. The topological polar surface area (TPSA) is 109 Å². The zero-order valence-electron chi connectivity index (χ0n) is 12.9. The second-order valence-corrected chi connectivity index (χ2v) is 5.65. The summed E-state index contributed by atoms with van der Waals surface area (Å²) in [4.78, 5) is 12.6. The van der Waals surface area contributed by atoms with Crippen LogP contribution in [0.4, 0.5) is 0 Å². The van der Waals surface area contributed by atoms with Crippen molar-refractivity contribution in [3.05, 3.63) is 81.5 Å². The molecule has 0 saturated carbocycles. The number of hydrogen-bond donors (Lipinski definition) is 2. The van der Waals surface area contributed by atoms with Crippen LogP contribution in [-0.2, 0) is 0 Å². The van der Waals surface area contributed by atoms with Crippen LogP contribution in [0, 0.1) is 11.3 Å². The van der Waals surface area contributed by atoms with E-state index in [1.807, 2.05) is 6.07 Å². The smallest absolute Gasteiger partial charge is 0.344 e. The van der Waals surface area contributed by atoms with Crippen molar-refractivity contribution in [1.82, 2.24) is 0 Å². The number of benzene rings is 2. The van der Waals surface area contributed by atoms with Crippen LogP contribution in [-0.4, -0.2) is 5.11 Å². The highest BCUT2D eigenvalue weighted by molar-refractivity contribution is 5.86. The first-order valence-corrected chi connectivity index (χ1v) is 7.52. The molecule has 6 nitrogen and oxygen atoms in total. The van der Waals surface area contributed by atoms with Crippen molar-refractivity contribution in [1.29, 1.82) is 5.26 Å². The Morgan fingerprint density at radius 1 is 1.16 bits per heavy atom. The molecule has 2 heterocycles. The summed E-state index contributed by atoms with van der Waals surface area (Å²) in [5.74, 6) is -0.552. The molecule has 1 unspecified atom stereocenters. The van der Waals surface area contributed by atoms with Gasteiger partial charge in [-0.05, 0) is 29.8 Å². The lowest BCUT2D eigenvalue weighted by atomic mass is 9.84. The third-order valence-corrected chi connectivity index (χ3v) is 4.18. The van der Waals surface area contributed by atoms with Crippen molar-refractivity contribution in [2.45, 2.75) is 5.92 Å². The number of rotatable bonds is 1. The third-order valence-electron chi connectivity index (χ3n) is 4.18. The molecule has 1 aliphatic heterocycles. The van der Waals surface area contributed by atoms with E-state index in [0.29, 0.717) is 16.5 Å². The van der Waals surface area contributed by atoms with Crippen molar-refractivity contribution < 1.29 is 14.3 Å². The number of allylic oxidation sites excluding steroid dienone is 1. The first-order chi connectivity index (χ1) is 12.1. The van der Waals surface area contributed by atoms with Crippen LogP contribution < -0.4 is 16.1 Å². The molecule has 0 bridgehead atoms. The van der Waals surface area contributed by atoms with Gasteiger partial charge in [-0.15, -0.1) is 0 Å². The minimum absolute atomic E-state index is 0.0200. The van der Waals surface area contributed by atoms with E-state index in [2.05, 4.69) is 0 Å². The van der Waals surface area contributed by atoms with E-state index in [9.17, 15) is 15.2 Å². The van der Waals surface area contributed by atoms with E-state index >= 15 is 0 Å². The van der Waals surface area contributed by atoms with Gasteiger partial charge in [-0.1, -0.05) is 24.3 Å². The van der Waals surface area contributed by atoms with Gasteiger partial charge in [0.25, 0.3) is 0 Å². The lowest BCUT2D eigenvalue weighted by molar-refractivity contribution is 0.388. The van der Waals surface area contributed by atoms with Gasteiger partial charge in [0.15, 0.2) is 5.75 Å². The molecule has 3 aromatic rings. The molecule has 1 aromatic heterocycles. The zero-order valence-corrected chi connectivity index (χ0v) is 12.9. The minimum atomic E-state index is -0.776. The molecule has 25 heavy (non-hydrogen) atoms. The van der Waals surface area contributed by atoms with E-state index in [1.54, 1.807) is 36.4 Å². The number of fused-ring (bicyclic) bond motifs is 3. The molecule has 0 aliphatic carbocycles. The van der Waals surface area contributed by atoms with Gasteiger partial charge in [-0.3, -0.25) is 0 Å². The Morgan fingerprint density at radius 3 is 2.72 bits per heavy atom. The molecule has 0 spiro atoms. The van der Waals surface area contributed by atoms with Gasteiger partial charge in [0, 0.05) is 0 Å². The Labute approximate surface area is 142 Å². The van der Waals surface area contributed by atoms with E-state index in [-0.39, 0.29) is 28.5 Å². The zero-order chi connectivity index (χ0) is 17.6. The van der Waals surface area contributed by atoms with Gasteiger partial charge in [0.1, 0.15) is 23.0 Å². The van der Waals surface area contributed by atoms with Gasteiger partial charge in [-0.25, -0.2) is 4.79 Å². The van der Waals surface area contributed by atoms with Gasteiger partial charge >= 0.3 is 5.63 Å². The minimum Gasteiger partial charge on any atom is -0.508 e. The predicted molar refractivity (Wildman–Crippen MR) is 89.9 cm³/mol. The molecule has 0 radical (unpaired) electrons. The van der Waals surface area contributed by atoms with Crippen molar-refractivity contribution in [3.63, 3.8) is 0 Å². The molecule has 0 saturated heterocycles. The molecule has 122 valence electrons. The summed E-state index contributed by atoms with van der Waals surface area (Å²) in [6.45, 7) is 0. The van der Waals surface area contributed by atoms with Crippen molar-refractivity contribution in [3.8, 4) is 17.6 Å². The fourth-order valence-corrected chi connectivity index (χ4v) is 3.10. The summed E-state index contributed by atoms with van der Waals surface area (Å²) in [5.41, 5.74) is 6.55. The molecule has 1 atom stereocenters. The highest BCUT2D eigenvalue weighted by Gasteiger charge is 2.35. The molecule has 0 fully saturated rings. The number of nitriles is 1. The normalized spacial score (nSPS) is 16.2. The number of para-hydroxylation sites is 1. The van der Waals surface area contributed by atoms with Gasteiger partial charge < -0.3 is 20.0 Å². The molecule has 4 rings (SSSR count). The highest BCUT2D eigenvalue weighted by Crippen LogP contribution is 2.43. The van der Waals surface area contributed by atoms with Gasteiger partial charge in [-0.2, -0.15) is 5.26 Å². The van der Waals surface area contributed by atoms with Crippen molar-refractivity contribution in [2.75, 3.05) is 0 Å². The molecular formula is C19H12N2O4. The summed E-state index contributed by atoms with van der Waals surface area (Å²) >= 11 is 0. The summed E-state index contributed by atoms with van der Waals surface area (Å²) in [6.07, 6.45) is 0. The number of ether oxygens (including phenoxy) is 1.